The van der Waals surface area contributed by atoms with E-state index in [4.69, 9.17) is 15.2 Å². The van der Waals surface area contributed by atoms with Crippen molar-refractivity contribution >= 4 is 6.09 Å². The molecule has 12 heteroatoms. The minimum Gasteiger partial charge on any atom is -0.474 e. The summed E-state index contributed by atoms with van der Waals surface area (Å²) in [5.41, 5.74) is 3.79. The van der Waals surface area contributed by atoms with E-state index in [9.17, 15) is 23.2 Å². The maximum atomic E-state index is 13.0. The number of piperidine rings is 1. The van der Waals surface area contributed by atoms with Gasteiger partial charge >= 0.3 is 12.3 Å². The molecule has 0 aromatic carbocycles. The van der Waals surface area contributed by atoms with E-state index in [-0.39, 0.29) is 11.8 Å². The Balaban J connectivity index is 1.79. The Bertz CT molecular complexity index is 1140. The maximum absolute atomic E-state index is 13.0. The Hall–Kier alpha value is -3.46. The van der Waals surface area contributed by atoms with Crippen molar-refractivity contribution < 1.29 is 27.4 Å². The lowest BCUT2D eigenvalue weighted by Gasteiger charge is -2.34. The average molecular weight is 507 g/mol. The summed E-state index contributed by atoms with van der Waals surface area (Å²) in [5.74, 6) is 0.0440. The number of carbonyl (C=O) groups is 1. The number of alkyl halides is 3. The molecular formula is C24H29F3N6O3. The first kappa shape index (κ1) is 27.1. The smallest absolute Gasteiger partial charge is 0.433 e. The highest BCUT2D eigenvalue weighted by Gasteiger charge is 2.37. The molecule has 36 heavy (non-hydrogen) atoms. The number of aromatic nitrogens is 3. The number of aryl methyl sites for hydroxylation is 1. The highest BCUT2D eigenvalue weighted by molar-refractivity contribution is 5.68. The molecule has 0 radical (unpaired) electrons. The minimum absolute atomic E-state index is 0.122. The second-order valence-corrected chi connectivity index (χ2v) is 9.69. The molecule has 0 bridgehead atoms. The van der Waals surface area contributed by atoms with Gasteiger partial charge in [-0.3, -0.25) is 0 Å². The molecule has 1 fully saturated rings. The van der Waals surface area contributed by atoms with Gasteiger partial charge in [0.2, 0.25) is 5.88 Å². The molecule has 3 heterocycles. The Morgan fingerprint density at radius 1 is 1.22 bits per heavy atom. The van der Waals surface area contributed by atoms with Crippen molar-refractivity contribution in [2.45, 2.75) is 63.8 Å². The number of nitrogens with two attached hydrogens (primary N) is 1. The molecule has 1 aliphatic heterocycles. The van der Waals surface area contributed by atoms with Crippen molar-refractivity contribution in [2.75, 3.05) is 19.7 Å². The van der Waals surface area contributed by atoms with Gasteiger partial charge in [-0.05, 0) is 46.6 Å². The largest absolute Gasteiger partial charge is 0.474 e. The van der Waals surface area contributed by atoms with Gasteiger partial charge in [0.05, 0.1) is 11.8 Å². The monoisotopic (exact) mass is 506 g/mol. The molecule has 1 atom stereocenters. The van der Waals surface area contributed by atoms with E-state index in [2.05, 4.69) is 15.0 Å². The Labute approximate surface area is 207 Å². The first-order valence-electron chi connectivity index (χ1n) is 11.4. The van der Waals surface area contributed by atoms with Crippen LogP contribution in [0.3, 0.4) is 0 Å². The molecule has 1 aliphatic rings. The summed E-state index contributed by atoms with van der Waals surface area (Å²) in [7, 11) is 0. The summed E-state index contributed by atoms with van der Waals surface area (Å²) < 4.78 is 49.8. The molecule has 0 spiro atoms. The summed E-state index contributed by atoms with van der Waals surface area (Å²) >= 11 is 0. The number of nitriles is 1. The molecule has 1 amide bonds. The van der Waals surface area contributed by atoms with Crippen LogP contribution >= 0.6 is 0 Å². The fraction of sp³-hybridized carbons (Fsp3) is 0.542. The Morgan fingerprint density at radius 2 is 1.89 bits per heavy atom. The standard InChI is InChI=1S/C24H29F3N6O3/c1-15-30-12-17(20(31-15)16-8-10-33(11-9-16)21(34)36-22(2,3)4)23(29,13-28)14-35-19-7-5-6-18(32-19)24(25,26)27/h5-7,12,16H,8-11,14,29H2,1-4H3. The number of pyridine rings is 1. The van der Waals surface area contributed by atoms with Crippen LogP contribution in [0.15, 0.2) is 24.4 Å². The number of hydrogen-bond acceptors (Lipinski definition) is 8. The molecular weight excluding hydrogens is 477 g/mol. The highest BCUT2D eigenvalue weighted by Crippen LogP contribution is 2.34. The lowest BCUT2D eigenvalue weighted by Crippen LogP contribution is -2.44. The maximum Gasteiger partial charge on any atom is 0.433 e. The summed E-state index contributed by atoms with van der Waals surface area (Å²) in [5, 5.41) is 9.94. The van der Waals surface area contributed by atoms with Crippen molar-refractivity contribution in [2.24, 2.45) is 5.73 Å². The number of ether oxygens (including phenoxy) is 2. The van der Waals surface area contributed by atoms with E-state index >= 15 is 0 Å². The highest BCUT2D eigenvalue weighted by atomic mass is 19.4. The normalized spacial score (nSPS) is 16.7. The van der Waals surface area contributed by atoms with Gasteiger partial charge in [-0.15, -0.1) is 0 Å². The molecule has 9 nitrogen and oxygen atoms in total. The molecule has 194 valence electrons. The van der Waals surface area contributed by atoms with Crippen molar-refractivity contribution in [1.82, 2.24) is 19.9 Å². The van der Waals surface area contributed by atoms with E-state index < -0.39 is 35.7 Å². The Kier molecular flexibility index (Phi) is 7.73. The van der Waals surface area contributed by atoms with E-state index in [0.717, 1.165) is 12.1 Å². The van der Waals surface area contributed by atoms with Gasteiger partial charge in [-0.25, -0.2) is 19.7 Å². The van der Waals surface area contributed by atoms with Gasteiger partial charge in [0.25, 0.3) is 0 Å². The van der Waals surface area contributed by atoms with Crippen molar-refractivity contribution in [1.29, 1.82) is 5.26 Å². The van der Waals surface area contributed by atoms with Gasteiger partial charge in [-0.1, -0.05) is 6.07 Å². The lowest BCUT2D eigenvalue weighted by molar-refractivity contribution is -0.141. The summed E-state index contributed by atoms with van der Waals surface area (Å²) in [6, 6.07) is 5.24. The number of rotatable bonds is 5. The summed E-state index contributed by atoms with van der Waals surface area (Å²) in [6.07, 6.45) is -2.47. The van der Waals surface area contributed by atoms with Gasteiger partial charge in [-0.2, -0.15) is 18.4 Å². The van der Waals surface area contributed by atoms with E-state index in [1.54, 1.807) is 32.6 Å². The van der Waals surface area contributed by atoms with Crippen molar-refractivity contribution in [3.8, 4) is 11.9 Å². The summed E-state index contributed by atoms with van der Waals surface area (Å²) in [6.45, 7) is 7.49. The van der Waals surface area contributed by atoms with E-state index in [0.29, 0.717) is 43.0 Å². The predicted octanol–water partition coefficient (Wildman–Crippen LogP) is 4.07. The molecule has 0 aliphatic carbocycles. The zero-order valence-corrected chi connectivity index (χ0v) is 20.6. The fourth-order valence-electron chi connectivity index (χ4n) is 3.82. The number of halogens is 3. The van der Waals surface area contributed by atoms with Crippen molar-refractivity contribution in [3.63, 3.8) is 0 Å². The molecule has 1 saturated heterocycles. The topological polar surface area (TPSA) is 127 Å². The number of hydrogen-bond donors (Lipinski definition) is 1. The quantitative estimate of drug-likeness (QED) is 0.643. The van der Waals surface area contributed by atoms with Gasteiger partial charge in [0.15, 0.2) is 5.54 Å². The second-order valence-electron chi connectivity index (χ2n) is 9.69. The second kappa shape index (κ2) is 10.3. The number of amides is 1. The summed E-state index contributed by atoms with van der Waals surface area (Å²) in [4.78, 5) is 26.2. The van der Waals surface area contributed by atoms with E-state index in [1.807, 2.05) is 6.07 Å². The molecule has 0 saturated carbocycles. The third-order valence-corrected chi connectivity index (χ3v) is 5.61. The fourth-order valence-corrected chi connectivity index (χ4v) is 3.82. The van der Waals surface area contributed by atoms with Gasteiger partial charge in [0, 0.05) is 36.8 Å². The first-order chi connectivity index (χ1) is 16.7. The number of carbonyl (C=O) groups excluding carboxylic acids is 1. The average Bonchev–Trinajstić information content (AvgIpc) is 2.81. The SMILES string of the molecule is Cc1ncc(C(N)(C#N)COc2cccc(C(F)(F)F)n2)c(C2CCN(C(=O)OC(C)(C)C)CC2)n1. The predicted molar refractivity (Wildman–Crippen MR) is 123 cm³/mol. The van der Waals surface area contributed by atoms with Crippen LogP contribution in [0.1, 0.15) is 62.3 Å². The zero-order chi connectivity index (χ0) is 26.7. The van der Waals surface area contributed by atoms with Crippen molar-refractivity contribution in [3.05, 3.63) is 47.2 Å². The van der Waals surface area contributed by atoms with E-state index in [1.165, 1.54) is 12.3 Å². The first-order valence-corrected chi connectivity index (χ1v) is 11.4. The third kappa shape index (κ3) is 6.60. The molecule has 3 rings (SSSR count). The van der Waals surface area contributed by atoms with Crippen LogP contribution in [0, 0.1) is 18.3 Å². The third-order valence-electron chi connectivity index (χ3n) is 5.61. The molecule has 2 aromatic heterocycles. The van der Waals surface area contributed by atoms with Crippen LogP contribution in [0.5, 0.6) is 5.88 Å². The zero-order valence-electron chi connectivity index (χ0n) is 20.6. The van der Waals surface area contributed by atoms with Crippen LogP contribution in [0.25, 0.3) is 0 Å². The number of nitrogens with zero attached hydrogens (tertiary/aromatic N) is 5. The van der Waals surface area contributed by atoms with Crippen LogP contribution in [0.4, 0.5) is 18.0 Å². The Morgan fingerprint density at radius 3 is 2.47 bits per heavy atom. The van der Waals surface area contributed by atoms with Gasteiger partial charge < -0.3 is 20.1 Å². The molecule has 2 aromatic rings. The number of likely N-dealkylation sites (tertiary alicyclic amines) is 1. The molecule has 1 unspecified atom stereocenters. The van der Waals surface area contributed by atoms with Crippen LogP contribution in [-0.4, -0.2) is 51.2 Å². The lowest BCUT2D eigenvalue weighted by atomic mass is 9.84. The van der Waals surface area contributed by atoms with Gasteiger partial charge in [0.1, 0.15) is 23.7 Å². The molecule has 2 N–H and O–H groups in total. The minimum atomic E-state index is -4.64. The van der Waals surface area contributed by atoms with Crippen LogP contribution in [-0.2, 0) is 16.5 Å². The van der Waals surface area contributed by atoms with Crippen LogP contribution in [0.2, 0.25) is 0 Å². The van der Waals surface area contributed by atoms with Crippen LogP contribution < -0.4 is 10.5 Å².